The SMILES string of the molecule is CCOC(=O)C1=C(C)N=c2s/c(=C\c3cc(I)c(OCC#N)c(OC)c3)c(=O)n2[C@@H]1c1ccc(OC(C)C)c(OC)c1. The summed E-state index contributed by atoms with van der Waals surface area (Å²) in [4.78, 5) is 32.3. The maximum Gasteiger partial charge on any atom is 0.338 e. The third kappa shape index (κ3) is 6.32. The topological polar surface area (TPSA) is 121 Å². The van der Waals surface area contributed by atoms with Gasteiger partial charge in [-0.15, -0.1) is 0 Å². The zero-order valence-corrected chi connectivity index (χ0v) is 27.0. The predicted octanol–water partition coefficient (Wildman–Crippen LogP) is 4.11. The largest absolute Gasteiger partial charge is 0.493 e. The molecule has 1 aliphatic rings. The van der Waals surface area contributed by atoms with Crippen molar-refractivity contribution in [3.63, 3.8) is 0 Å². The second-order valence-electron chi connectivity index (χ2n) is 9.36. The van der Waals surface area contributed by atoms with Gasteiger partial charge in [-0.05, 0) is 91.8 Å². The molecule has 1 atom stereocenters. The van der Waals surface area contributed by atoms with Crippen molar-refractivity contribution in [3.8, 4) is 29.1 Å². The summed E-state index contributed by atoms with van der Waals surface area (Å²) in [5.74, 6) is 1.36. The van der Waals surface area contributed by atoms with Gasteiger partial charge < -0.3 is 23.7 Å². The van der Waals surface area contributed by atoms with Gasteiger partial charge in [0, 0.05) is 0 Å². The molecule has 0 unspecified atom stereocenters. The lowest BCUT2D eigenvalue weighted by molar-refractivity contribution is -0.139. The lowest BCUT2D eigenvalue weighted by atomic mass is 9.95. The molecule has 220 valence electrons. The number of esters is 1. The first kappa shape index (κ1) is 31.1. The third-order valence-corrected chi connectivity index (χ3v) is 8.00. The van der Waals surface area contributed by atoms with Crippen molar-refractivity contribution >= 4 is 46.0 Å². The highest BCUT2D eigenvalue weighted by Gasteiger charge is 2.34. The lowest BCUT2D eigenvalue weighted by Crippen LogP contribution is -2.40. The molecule has 0 fully saturated rings. The normalized spacial score (nSPS) is 14.6. The number of rotatable bonds is 10. The maximum absolute atomic E-state index is 14.0. The van der Waals surface area contributed by atoms with Gasteiger partial charge in [0.05, 0.1) is 52.3 Å². The number of thiazole rings is 1. The molecule has 3 aromatic rings. The fraction of sp³-hybridized carbons (Fsp3) is 0.333. The van der Waals surface area contributed by atoms with E-state index in [2.05, 4.69) is 27.6 Å². The molecule has 12 heteroatoms. The molecule has 4 rings (SSSR count). The number of benzene rings is 2. The van der Waals surface area contributed by atoms with E-state index in [0.717, 1.165) is 3.57 Å². The monoisotopic (exact) mass is 703 g/mol. The summed E-state index contributed by atoms with van der Waals surface area (Å²) in [5.41, 5.74) is 1.75. The highest BCUT2D eigenvalue weighted by Crippen LogP contribution is 2.37. The molecule has 42 heavy (non-hydrogen) atoms. The number of carbonyl (C=O) groups is 1. The van der Waals surface area contributed by atoms with E-state index in [1.165, 1.54) is 30.1 Å². The van der Waals surface area contributed by atoms with Crippen molar-refractivity contribution in [2.75, 3.05) is 27.4 Å². The molecule has 10 nitrogen and oxygen atoms in total. The molecule has 1 aliphatic heterocycles. The Labute approximate surface area is 260 Å². The summed E-state index contributed by atoms with van der Waals surface area (Å²) in [6.45, 7) is 7.34. The molecule has 0 spiro atoms. The molecule has 0 N–H and O–H groups in total. The number of nitrogens with zero attached hydrogens (tertiary/aromatic N) is 3. The van der Waals surface area contributed by atoms with Gasteiger partial charge in [-0.3, -0.25) is 9.36 Å². The highest BCUT2D eigenvalue weighted by molar-refractivity contribution is 14.1. The van der Waals surface area contributed by atoms with E-state index in [9.17, 15) is 9.59 Å². The lowest BCUT2D eigenvalue weighted by Gasteiger charge is -2.25. The van der Waals surface area contributed by atoms with Gasteiger partial charge in [0.2, 0.25) is 0 Å². The van der Waals surface area contributed by atoms with E-state index in [0.29, 0.717) is 49.2 Å². The molecule has 0 saturated carbocycles. The van der Waals surface area contributed by atoms with Crippen LogP contribution < -0.4 is 33.8 Å². The molecule has 1 aromatic heterocycles. The van der Waals surface area contributed by atoms with Crippen LogP contribution >= 0.6 is 33.9 Å². The minimum atomic E-state index is -0.805. The van der Waals surface area contributed by atoms with Gasteiger partial charge in [0.25, 0.3) is 5.56 Å². The van der Waals surface area contributed by atoms with Crippen LogP contribution in [0.3, 0.4) is 0 Å². The molecule has 2 heterocycles. The van der Waals surface area contributed by atoms with Crippen LogP contribution in [0.1, 0.15) is 44.9 Å². The van der Waals surface area contributed by atoms with Crippen LogP contribution in [0.25, 0.3) is 6.08 Å². The number of ether oxygens (including phenoxy) is 5. The number of methoxy groups -OCH3 is 2. The van der Waals surface area contributed by atoms with E-state index in [1.807, 2.05) is 32.0 Å². The molecule has 0 aliphatic carbocycles. The van der Waals surface area contributed by atoms with Crippen molar-refractivity contribution in [1.29, 1.82) is 5.26 Å². The van der Waals surface area contributed by atoms with E-state index in [4.69, 9.17) is 28.9 Å². The molecular weight excluding hydrogens is 673 g/mol. The Hall–Kier alpha value is -3.83. The first-order valence-corrected chi connectivity index (χ1v) is 14.9. The molecule has 0 radical (unpaired) electrons. The van der Waals surface area contributed by atoms with Gasteiger partial charge in [-0.25, -0.2) is 9.79 Å². The molecule has 0 bridgehead atoms. The summed E-state index contributed by atoms with van der Waals surface area (Å²) >= 11 is 3.31. The first-order valence-electron chi connectivity index (χ1n) is 13.0. The Morgan fingerprint density at radius 2 is 1.93 bits per heavy atom. The van der Waals surface area contributed by atoms with Crippen LogP contribution in [0.15, 0.2) is 51.4 Å². The van der Waals surface area contributed by atoms with E-state index >= 15 is 0 Å². The number of aromatic nitrogens is 1. The minimum Gasteiger partial charge on any atom is -0.493 e. The number of hydrogen-bond donors (Lipinski definition) is 0. The van der Waals surface area contributed by atoms with Crippen molar-refractivity contribution in [2.45, 2.75) is 39.8 Å². The van der Waals surface area contributed by atoms with Crippen LogP contribution in [0, 0.1) is 14.9 Å². The second-order valence-corrected chi connectivity index (χ2v) is 11.5. The average molecular weight is 704 g/mol. The van der Waals surface area contributed by atoms with E-state index < -0.39 is 12.0 Å². The van der Waals surface area contributed by atoms with Crippen LogP contribution in [-0.4, -0.2) is 44.1 Å². The van der Waals surface area contributed by atoms with E-state index in [1.54, 1.807) is 38.1 Å². The molecule has 0 amide bonds. The molecule has 2 aromatic carbocycles. The summed E-state index contributed by atoms with van der Waals surface area (Å²) in [7, 11) is 3.05. The fourth-order valence-electron chi connectivity index (χ4n) is 4.53. The minimum absolute atomic E-state index is 0.0756. The van der Waals surface area contributed by atoms with Gasteiger partial charge in [0.1, 0.15) is 6.07 Å². The van der Waals surface area contributed by atoms with Crippen LogP contribution in [-0.2, 0) is 9.53 Å². The fourth-order valence-corrected chi connectivity index (χ4v) is 6.36. The Morgan fingerprint density at radius 1 is 1.19 bits per heavy atom. The van der Waals surface area contributed by atoms with Gasteiger partial charge >= 0.3 is 5.97 Å². The Bertz CT molecular complexity index is 1770. The number of nitriles is 1. The maximum atomic E-state index is 14.0. The summed E-state index contributed by atoms with van der Waals surface area (Å²) < 4.78 is 30.5. The van der Waals surface area contributed by atoms with Crippen molar-refractivity contribution in [3.05, 3.63) is 76.0 Å². The Morgan fingerprint density at radius 3 is 2.57 bits per heavy atom. The second kappa shape index (κ2) is 13.4. The van der Waals surface area contributed by atoms with Crippen molar-refractivity contribution < 1.29 is 28.5 Å². The smallest absolute Gasteiger partial charge is 0.338 e. The first-order chi connectivity index (χ1) is 20.1. The number of halogens is 1. The Balaban J connectivity index is 1.92. The van der Waals surface area contributed by atoms with Crippen LogP contribution in [0.2, 0.25) is 0 Å². The van der Waals surface area contributed by atoms with E-state index in [-0.39, 0.29) is 30.5 Å². The number of carbonyl (C=O) groups excluding carboxylic acids is 1. The zero-order chi connectivity index (χ0) is 30.6. The number of fused-ring (bicyclic) bond motifs is 1. The quantitative estimate of drug-likeness (QED) is 0.229. The predicted molar refractivity (Wildman–Crippen MR) is 166 cm³/mol. The Kier molecular flexibility index (Phi) is 9.95. The van der Waals surface area contributed by atoms with Crippen molar-refractivity contribution in [1.82, 2.24) is 4.57 Å². The third-order valence-electron chi connectivity index (χ3n) is 6.21. The summed E-state index contributed by atoms with van der Waals surface area (Å²) in [6.07, 6.45) is 1.66. The number of allylic oxidation sites excluding steroid dienone is 1. The van der Waals surface area contributed by atoms with Crippen LogP contribution in [0.5, 0.6) is 23.0 Å². The molecule has 0 saturated heterocycles. The molecular formula is C30H30IN3O7S. The van der Waals surface area contributed by atoms with Gasteiger partial charge in [-0.1, -0.05) is 17.4 Å². The van der Waals surface area contributed by atoms with Gasteiger partial charge in [0.15, 0.2) is 34.4 Å². The van der Waals surface area contributed by atoms with Crippen LogP contribution in [0.4, 0.5) is 0 Å². The highest BCUT2D eigenvalue weighted by atomic mass is 127. The summed E-state index contributed by atoms with van der Waals surface area (Å²) in [5, 5.41) is 8.91. The van der Waals surface area contributed by atoms with Crippen molar-refractivity contribution in [2.24, 2.45) is 4.99 Å². The van der Waals surface area contributed by atoms with Gasteiger partial charge in [-0.2, -0.15) is 5.26 Å². The zero-order valence-electron chi connectivity index (χ0n) is 24.0. The number of hydrogen-bond acceptors (Lipinski definition) is 10. The summed E-state index contributed by atoms with van der Waals surface area (Å²) in [6, 6.07) is 10.1. The average Bonchev–Trinajstić information content (AvgIpc) is 3.25. The standard InChI is InChI=1S/C30H30IN3O7S/c1-7-39-29(36)25-17(4)33-30-34(26(25)19-8-9-21(41-16(2)3)22(15-19)37-5)28(35)24(42-30)14-18-12-20(31)27(40-11-10-32)23(13-18)38-6/h8-9,12-16,26H,7,11H2,1-6H3/b24-14-/t26-/m1/s1.